The highest BCUT2D eigenvalue weighted by Gasteiger charge is 2.39. The quantitative estimate of drug-likeness (QED) is 0.0524. The molecule has 0 fully saturated rings. The number of nitrogens with zero attached hydrogens (tertiary/aromatic N) is 2. The first-order valence-corrected chi connectivity index (χ1v) is 25.8. The molecule has 0 aliphatic carbocycles. The van der Waals surface area contributed by atoms with Gasteiger partial charge in [-0.15, -0.1) is 0 Å². The Kier molecular flexibility index (Phi) is 29.6. The lowest BCUT2D eigenvalue weighted by Crippen LogP contribution is -2.35. The molecule has 0 aliphatic rings. The molecular weight excluding hydrogens is 701 g/mol. The van der Waals surface area contributed by atoms with Crippen molar-refractivity contribution in [2.45, 2.75) is 263 Å². The molecule has 0 spiro atoms. The Bertz CT molecular complexity index is 1300. The number of rotatable bonds is 40. The third-order valence-electron chi connectivity index (χ3n) is 13.5. The van der Waals surface area contributed by atoms with Gasteiger partial charge in [0.2, 0.25) is 0 Å². The lowest BCUT2D eigenvalue weighted by Gasteiger charge is -2.39. The zero-order chi connectivity index (χ0) is 41.0. The second-order valence-corrected chi connectivity index (χ2v) is 18.7. The number of aromatic nitrogens is 2. The molecule has 1 aromatic heterocycles. The SMILES string of the molecule is CCCCCCCCCCCCCCCCCCCn1ccnc1C(CCCCCCCCCCCCCCCCCC)C(C)(Cc1ccccc1)c1ccccc1. The highest BCUT2D eigenvalue weighted by atomic mass is 15.1. The van der Waals surface area contributed by atoms with Crippen LogP contribution in [0, 0.1) is 0 Å². The average Bonchev–Trinajstić information content (AvgIpc) is 3.71. The molecule has 2 nitrogen and oxygen atoms in total. The van der Waals surface area contributed by atoms with Gasteiger partial charge in [0.05, 0.1) is 0 Å². The number of hydrogen-bond acceptors (Lipinski definition) is 1. The molecule has 0 saturated heterocycles. The molecule has 0 bridgehead atoms. The predicted octanol–water partition coefficient (Wildman–Crippen LogP) is 18.5. The van der Waals surface area contributed by atoms with E-state index in [1.165, 1.54) is 235 Å². The Hall–Kier alpha value is -2.35. The van der Waals surface area contributed by atoms with E-state index in [1.807, 2.05) is 0 Å². The molecule has 0 N–H and O–H groups in total. The van der Waals surface area contributed by atoms with Gasteiger partial charge in [-0.05, 0) is 30.4 Å². The second kappa shape index (κ2) is 34.4. The van der Waals surface area contributed by atoms with E-state index in [9.17, 15) is 0 Å². The summed E-state index contributed by atoms with van der Waals surface area (Å²) in [7, 11) is 0. The Morgan fingerprint density at radius 1 is 0.448 bits per heavy atom. The van der Waals surface area contributed by atoms with Gasteiger partial charge in [0, 0.05) is 30.3 Å². The Morgan fingerprint density at radius 2 is 0.810 bits per heavy atom. The molecule has 58 heavy (non-hydrogen) atoms. The van der Waals surface area contributed by atoms with Crippen LogP contribution < -0.4 is 0 Å². The van der Waals surface area contributed by atoms with Crippen LogP contribution in [0.5, 0.6) is 0 Å². The van der Waals surface area contributed by atoms with E-state index in [1.54, 1.807) is 0 Å². The first kappa shape index (κ1) is 50.0. The standard InChI is InChI=1S/C56H94N2/c1-4-6-8-10-12-14-16-18-20-22-24-26-28-30-32-34-42-49-58-50-48-57-55(58)54(56(3,53-45-39-36-40-46-53)51-52-43-37-35-38-44-52)47-41-33-31-29-27-25-23-21-19-17-15-13-11-9-7-5-2/h35-40,43-46,48,50,54H,4-34,41-42,47,49,51H2,1-3H3. The number of hydrogen-bond donors (Lipinski definition) is 0. The zero-order valence-corrected chi connectivity index (χ0v) is 38.9. The highest BCUT2D eigenvalue weighted by molar-refractivity contribution is 5.33. The summed E-state index contributed by atoms with van der Waals surface area (Å²) >= 11 is 0. The molecule has 2 aromatic carbocycles. The van der Waals surface area contributed by atoms with Crippen molar-refractivity contribution in [2.24, 2.45) is 0 Å². The molecule has 3 rings (SSSR count). The zero-order valence-electron chi connectivity index (χ0n) is 38.9. The molecular formula is C56H94N2. The van der Waals surface area contributed by atoms with Gasteiger partial charge in [0.15, 0.2) is 0 Å². The topological polar surface area (TPSA) is 17.8 Å². The van der Waals surface area contributed by atoms with E-state index in [0.717, 1.165) is 13.0 Å². The van der Waals surface area contributed by atoms with Crippen LogP contribution in [0.15, 0.2) is 73.1 Å². The van der Waals surface area contributed by atoms with Crippen LogP contribution in [-0.2, 0) is 18.4 Å². The first-order valence-electron chi connectivity index (χ1n) is 25.8. The Balaban J connectivity index is 1.43. The minimum absolute atomic E-state index is 0.0323. The van der Waals surface area contributed by atoms with Crippen molar-refractivity contribution in [1.82, 2.24) is 9.55 Å². The first-order chi connectivity index (χ1) is 28.7. The van der Waals surface area contributed by atoms with Crippen LogP contribution in [0.1, 0.15) is 262 Å². The minimum Gasteiger partial charge on any atom is -0.335 e. The molecule has 0 saturated carbocycles. The summed E-state index contributed by atoms with van der Waals surface area (Å²) < 4.78 is 2.55. The minimum atomic E-state index is -0.0323. The molecule has 0 radical (unpaired) electrons. The molecule has 0 amide bonds. The highest BCUT2D eigenvalue weighted by Crippen LogP contribution is 2.44. The molecule has 2 heteroatoms. The number of imidazole rings is 1. The van der Waals surface area contributed by atoms with Gasteiger partial charge in [-0.25, -0.2) is 4.98 Å². The van der Waals surface area contributed by atoms with Crippen molar-refractivity contribution < 1.29 is 0 Å². The number of aryl methyl sites for hydroxylation is 1. The molecule has 2 unspecified atom stereocenters. The van der Waals surface area contributed by atoms with E-state index in [0.29, 0.717) is 5.92 Å². The van der Waals surface area contributed by atoms with Gasteiger partial charge in [-0.3, -0.25) is 0 Å². The molecule has 3 aromatic rings. The van der Waals surface area contributed by atoms with Crippen LogP contribution >= 0.6 is 0 Å². The predicted molar refractivity (Wildman–Crippen MR) is 257 cm³/mol. The van der Waals surface area contributed by atoms with Crippen molar-refractivity contribution in [3.63, 3.8) is 0 Å². The smallest absolute Gasteiger partial charge is 0.112 e. The molecule has 1 heterocycles. The van der Waals surface area contributed by atoms with E-state index in [2.05, 4.69) is 98.4 Å². The summed E-state index contributed by atoms with van der Waals surface area (Å²) in [6.45, 7) is 8.26. The van der Waals surface area contributed by atoms with Crippen molar-refractivity contribution in [2.75, 3.05) is 0 Å². The summed E-state index contributed by atoms with van der Waals surface area (Å²) in [4.78, 5) is 5.20. The maximum Gasteiger partial charge on any atom is 0.112 e. The van der Waals surface area contributed by atoms with Crippen LogP contribution in [0.4, 0.5) is 0 Å². The molecule has 0 aliphatic heterocycles. The second-order valence-electron chi connectivity index (χ2n) is 18.7. The van der Waals surface area contributed by atoms with Crippen molar-refractivity contribution in [3.05, 3.63) is 90.0 Å². The van der Waals surface area contributed by atoms with Gasteiger partial charge < -0.3 is 4.57 Å². The van der Waals surface area contributed by atoms with E-state index < -0.39 is 0 Å². The summed E-state index contributed by atoms with van der Waals surface area (Å²) in [6.07, 6.45) is 53.4. The summed E-state index contributed by atoms with van der Waals surface area (Å²) in [5.41, 5.74) is 2.85. The van der Waals surface area contributed by atoms with Gasteiger partial charge in [0.1, 0.15) is 5.82 Å². The summed E-state index contributed by atoms with van der Waals surface area (Å²) in [6, 6.07) is 22.7. The van der Waals surface area contributed by atoms with E-state index in [4.69, 9.17) is 4.98 Å². The fourth-order valence-electron chi connectivity index (χ4n) is 9.72. The summed E-state index contributed by atoms with van der Waals surface area (Å²) in [5, 5.41) is 0. The van der Waals surface area contributed by atoms with Gasteiger partial charge in [-0.2, -0.15) is 0 Å². The van der Waals surface area contributed by atoms with Crippen molar-refractivity contribution in [3.8, 4) is 0 Å². The maximum atomic E-state index is 5.20. The lowest BCUT2D eigenvalue weighted by atomic mass is 9.66. The van der Waals surface area contributed by atoms with E-state index >= 15 is 0 Å². The van der Waals surface area contributed by atoms with Crippen LogP contribution in [0.3, 0.4) is 0 Å². The van der Waals surface area contributed by atoms with Gasteiger partial charge >= 0.3 is 0 Å². The Labute approximate surface area is 361 Å². The third kappa shape index (κ3) is 22.3. The van der Waals surface area contributed by atoms with Crippen LogP contribution in [0.2, 0.25) is 0 Å². The van der Waals surface area contributed by atoms with Crippen molar-refractivity contribution >= 4 is 0 Å². The normalized spacial score (nSPS) is 13.2. The number of benzene rings is 2. The fraction of sp³-hybridized carbons (Fsp3) is 0.732. The van der Waals surface area contributed by atoms with Gasteiger partial charge in [-0.1, -0.05) is 287 Å². The molecule has 328 valence electrons. The average molecular weight is 795 g/mol. The van der Waals surface area contributed by atoms with Crippen molar-refractivity contribution in [1.29, 1.82) is 0 Å². The maximum absolute atomic E-state index is 5.20. The van der Waals surface area contributed by atoms with Crippen LogP contribution in [0.25, 0.3) is 0 Å². The van der Waals surface area contributed by atoms with Crippen LogP contribution in [-0.4, -0.2) is 9.55 Å². The monoisotopic (exact) mass is 795 g/mol. The largest absolute Gasteiger partial charge is 0.335 e. The van der Waals surface area contributed by atoms with Gasteiger partial charge in [0.25, 0.3) is 0 Å². The number of unbranched alkanes of at least 4 members (excludes halogenated alkanes) is 31. The Morgan fingerprint density at radius 3 is 1.22 bits per heavy atom. The lowest BCUT2D eigenvalue weighted by molar-refractivity contribution is 0.321. The molecule has 2 atom stereocenters. The summed E-state index contributed by atoms with van der Waals surface area (Å²) in [5.74, 6) is 1.70. The van der Waals surface area contributed by atoms with E-state index in [-0.39, 0.29) is 5.41 Å². The fourth-order valence-corrected chi connectivity index (χ4v) is 9.72. The third-order valence-corrected chi connectivity index (χ3v) is 13.5.